The molecular formula is C21H30N2O3S. The number of ether oxygens (including phenoxy) is 2. The fraction of sp³-hybridized carbons (Fsp3) is 0.476. The van der Waals surface area contributed by atoms with Crippen molar-refractivity contribution in [3.63, 3.8) is 0 Å². The Balaban J connectivity index is 2.03. The van der Waals surface area contributed by atoms with E-state index in [1.165, 1.54) is 0 Å². The van der Waals surface area contributed by atoms with E-state index in [0.717, 1.165) is 11.3 Å². The zero-order chi connectivity index (χ0) is 19.7. The third kappa shape index (κ3) is 7.60. The molecule has 148 valence electrons. The van der Waals surface area contributed by atoms with Crippen LogP contribution in [0.25, 0.3) is 0 Å². The third-order valence-corrected chi connectivity index (χ3v) is 5.74. The van der Waals surface area contributed by atoms with Gasteiger partial charge in [-0.15, -0.1) is 4.72 Å². The van der Waals surface area contributed by atoms with E-state index in [4.69, 9.17) is 9.47 Å². The molecule has 0 aliphatic carbocycles. The highest BCUT2D eigenvalue weighted by Gasteiger charge is 2.33. The molecule has 0 amide bonds. The van der Waals surface area contributed by atoms with Gasteiger partial charge in [0.15, 0.2) is 0 Å². The summed E-state index contributed by atoms with van der Waals surface area (Å²) in [4.78, 5) is 4.40. The maximum atomic E-state index is 12.7. The Morgan fingerprint density at radius 3 is 2.41 bits per heavy atom. The first-order chi connectivity index (χ1) is 12.9. The van der Waals surface area contributed by atoms with E-state index < -0.39 is 11.4 Å². The summed E-state index contributed by atoms with van der Waals surface area (Å²) >= 11 is -1.22. The Morgan fingerprint density at radius 2 is 1.81 bits per heavy atom. The van der Waals surface area contributed by atoms with Crippen LogP contribution in [0.4, 0.5) is 0 Å². The summed E-state index contributed by atoms with van der Waals surface area (Å²) < 4.78 is 27.1. The monoisotopic (exact) mass is 390 g/mol. The minimum Gasteiger partial charge on any atom is -0.598 e. The van der Waals surface area contributed by atoms with E-state index in [2.05, 4.69) is 9.71 Å². The molecule has 0 aliphatic heterocycles. The molecule has 6 heteroatoms. The van der Waals surface area contributed by atoms with E-state index >= 15 is 0 Å². The second-order valence-electron chi connectivity index (χ2n) is 7.41. The molecule has 0 saturated heterocycles. The summed E-state index contributed by atoms with van der Waals surface area (Å²) in [7, 11) is 1.66. The Morgan fingerprint density at radius 1 is 1.11 bits per heavy atom. The molecule has 0 saturated carbocycles. The fourth-order valence-electron chi connectivity index (χ4n) is 2.52. The van der Waals surface area contributed by atoms with Crippen LogP contribution in [-0.2, 0) is 33.9 Å². The van der Waals surface area contributed by atoms with E-state index in [0.29, 0.717) is 19.6 Å². The number of methoxy groups -OCH3 is 1. The van der Waals surface area contributed by atoms with Crippen molar-refractivity contribution in [2.45, 2.75) is 50.7 Å². The maximum Gasteiger partial charge on any atom is 0.136 e. The van der Waals surface area contributed by atoms with Crippen molar-refractivity contribution >= 4 is 11.4 Å². The van der Waals surface area contributed by atoms with Gasteiger partial charge in [0, 0.05) is 36.8 Å². The summed E-state index contributed by atoms with van der Waals surface area (Å²) in [6.45, 7) is 6.75. The van der Waals surface area contributed by atoms with Crippen molar-refractivity contribution in [3.05, 3.63) is 66.0 Å². The molecule has 0 spiro atoms. The Hall–Kier alpha value is -1.44. The molecule has 0 unspecified atom stereocenters. The minimum atomic E-state index is -1.22. The first kappa shape index (κ1) is 21.9. The number of aromatic nitrogens is 1. The van der Waals surface area contributed by atoms with E-state index in [-0.39, 0.29) is 16.9 Å². The van der Waals surface area contributed by atoms with E-state index in [1.54, 1.807) is 13.3 Å². The average Bonchev–Trinajstić information content (AvgIpc) is 2.65. The quantitative estimate of drug-likeness (QED) is 0.631. The Kier molecular flexibility index (Phi) is 8.73. The van der Waals surface area contributed by atoms with Crippen LogP contribution in [0.15, 0.2) is 54.7 Å². The summed E-state index contributed by atoms with van der Waals surface area (Å²) in [5, 5.41) is 0. The lowest BCUT2D eigenvalue weighted by atomic mass is 10.1. The van der Waals surface area contributed by atoms with Gasteiger partial charge in [-0.1, -0.05) is 36.4 Å². The Bertz CT molecular complexity index is 649. The zero-order valence-electron chi connectivity index (χ0n) is 16.6. The molecule has 0 fully saturated rings. The molecule has 3 atom stereocenters. The van der Waals surface area contributed by atoms with Crippen LogP contribution in [0, 0.1) is 0 Å². The molecule has 1 aromatic carbocycles. The number of rotatable bonds is 10. The number of nitrogens with zero attached hydrogens (tertiary/aromatic N) is 1. The largest absolute Gasteiger partial charge is 0.598 e. The van der Waals surface area contributed by atoms with Gasteiger partial charge in [-0.25, -0.2) is 0 Å². The molecule has 1 N–H and O–H groups in total. The first-order valence-corrected chi connectivity index (χ1v) is 10.3. The number of benzene rings is 1. The second kappa shape index (κ2) is 10.8. The van der Waals surface area contributed by atoms with Gasteiger partial charge in [0.05, 0.1) is 19.3 Å². The molecule has 5 nitrogen and oxygen atoms in total. The van der Waals surface area contributed by atoms with Gasteiger partial charge in [-0.05, 0) is 38.5 Å². The lowest BCUT2D eigenvalue weighted by Crippen LogP contribution is -2.52. The molecule has 1 aromatic heterocycles. The molecule has 2 aromatic rings. The van der Waals surface area contributed by atoms with Crippen LogP contribution < -0.4 is 4.72 Å². The van der Waals surface area contributed by atoms with Gasteiger partial charge < -0.3 is 14.0 Å². The Labute approximate surface area is 165 Å². The summed E-state index contributed by atoms with van der Waals surface area (Å²) in [5.74, 6) is 0. The topological polar surface area (TPSA) is 66.4 Å². The SMILES string of the molecule is CO[C@H](COCc1ccccc1)[C@@H](Cc1ccccn1)N[S@+]([O-])C(C)(C)C. The first-order valence-electron chi connectivity index (χ1n) is 9.12. The van der Waals surface area contributed by atoms with Crippen LogP contribution in [0.3, 0.4) is 0 Å². The summed E-state index contributed by atoms with van der Waals surface area (Å²) in [6, 6.07) is 15.6. The normalized spacial score (nSPS) is 15.3. The molecule has 0 bridgehead atoms. The van der Waals surface area contributed by atoms with Gasteiger partial charge in [-0.3, -0.25) is 4.98 Å². The standard InChI is InChI=1S/C21H30N2O3S/c1-21(2,3)27(24)23-19(14-18-12-8-9-13-22-18)20(25-4)16-26-15-17-10-6-5-7-11-17/h5-13,19-20,23H,14-16H2,1-4H3/t19-,20-,27-/m1/s1. The fourth-order valence-corrected chi connectivity index (χ4v) is 3.39. The average molecular weight is 391 g/mol. The number of hydrogen-bond acceptors (Lipinski definition) is 5. The van der Waals surface area contributed by atoms with Crippen LogP contribution >= 0.6 is 0 Å². The van der Waals surface area contributed by atoms with E-state index in [1.807, 2.05) is 69.3 Å². The van der Waals surface area contributed by atoms with Crippen LogP contribution in [0.1, 0.15) is 32.0 Å². The molecule has 1 heterocycles. The molecule has 0 aliphatic rings. The molecular weight excluding hydrogens is 360 g/mol. The predicted molar refractivity (Wildman–Crippen MR) is 110 cm³/mol. The van der Waals surface area contributed by atoms with Crippen molar-refractivity contribution in [1.82, 2.24) is 9.71 Å². The molecule has 27 heavy (non-hydrogen) atoms. The highest BCUT2D eigenvalue weighted by molar-refractivity contribution is 7.90. The number of pyridine rings is 1. The second-order valence-corrected chi connectivity index (χ2v) is 9.40. The van der Waals surface area contributed by atoms with Crippen molar-refractivity contribution < 1.29 is 14.0 Å². The smallest absolute Gasteiger partial charge is 0.136 e. The lowest BCUT2D eigenvalue weighted by molar-refractivity contribution is -0.0134. The third-order valence-electron chi connectivity index (χ3n) is 4.12. The van der Waals surface area contributed by atoms with Crippen molar-refractivity contribution in [3.8, 4) is 0 Å². The van der Waals surface area contributed by atoms with Gasteiger partial charge in [0.2, 0.25) is 0 Å². The van der Waals surface area contributed by atoms with Gasteiger partial charge in [0.25, 0.3) is 0 Å². The number of hydrogen-bond donors (Lipinski definition) is 1. The van der Waals surface area contributed by atoms with Crippen LogP contribution in [0.2, 0.25) is 0 Å². The molecule has 0 radical (unpaired) electrons. The van der Waals surface area contributed by atoms with Crippen LogP contribution in [-0.4, -0.2) is 40.1 Å². The van der Waals surface area contributed by atoms with Gasteiger partial charge >= 0.3 is 0 Å². The van der Waals surface area contributed by atoms with Crippen molar-refractivity contribution in [1.29, 1.82) is 0 Å². The van der Waals surface area contributed by atoms with Crippen molar-refractivity contribution in [2.75, 3.05) is 13.7 Å². The number of nitrogens with one attached hydrogen (secondary N) is 1. The minimum absolute atomic E-state index is 0.180. The summed E-state index contributed by atoms with van der Waals surface area (Å²) in [6.07, 6.45) is 2.12. The highest BCUT2D eigenvalue weighted by Crippen LogP contribution is 2.17. The maximum absolute atomic E-state index is 12.7. The predicted octanol–water partition coefficient (Wildman–Crippen LogP) is 3.28. The summed E-state index contributed by atoms with van der Waals surface area (Å²) in [5.41, 5.74) is 2.03. The van der Waals surface area contributed by atoms with Crippen molar-refractivity contribution in [2.24, 2.45) is 0 Å². The lowest BCUT2D eigenvalue weighted by Gasteiger charge is -2.31. The molecule has 2 rings (SSSR count). The zero-order valence-corrected chi connectivity index (χ0v) is 17.4. The van der Waals surface area contributed by atoms with Crippen LogP contribution in [0.5, 0.6) is 0 Å². The van der Waals surface area contributed by atoms with Gasteiger partial charge in [-0.2, -0.15) is 0 Å². The van der Waals surface area contributed by atoms with E-state index in [9.17, 15) is 4.55 Å². The highest BCUT2D eigenvalue weighted by atomic mass is 32.2. The van der Waals surface area contributed by atoms with Gasteiger partial charge in [0.1, 0.15) is 10.9 Å².